The van der Waals surface area contributed by atoms with Crippen LogP contribution in [-0.4, -0.2) is 46.8 Å². The van der Waals surface area contributed by atoms with E-state index in [0.29, 0.717) is 17.8 Å². The van der Waals surface area contributed by atoms with Crippen LogP contribution in [0.5, 0.6) is 0 Å². The highest BCUT2D eigenvalue weighted by Gasteiger charge is 2.21. The number of benzene rings is 2. The number of aryl methyl sites for hydroxylation is 1. The number of aromatic nitrogens is 1. The molecule has 0 unspecified atom stereocenters. The van der Waals surface area contributed by atoms with Crippen molar-refractivity contribution in [1.82, 2.24) is 20.5 Å². The largest absolute Gasteiger partial charge is 0.351 e. The number of hydrogen-bond acceptors (Lipinski definition) is 3. The SMILES string of the molecule is O=C(NC1=C[N+](Cc2ccccc2)=C1)c1ccc2cc3n(c2c1)CCCNCCCNC3=O. The van der Waals surface area contributed by atoms with Crippen molar-refractivity contribution in [2.24, 2.45) is 0 Å². The molecule has 0 atom stereocenters. The Morgan fingerprint density at radius 3 is 2.70 bits per heavy atom. The number of rotatable bonds is 4. The first-order valence-electron chi connectivity index (χ1n) is 11.5. The van der Waals surface area contributed by atoms with Gasteiger partial charge in [0.15, 0.2) is 24.7 Å². The number of fused-ring (bicyclic) bond motifs is 3. The third-order valence-electron chi connectivity index (χ3n) is 6.03. The van der Waals surface area contributed by atoms with Crippen LogP contribution < -0.4 is 16.0 Å². The molecular formula is C26H28N5O2+. The van der Waals surface area contributed by atoms with Crippen LogP contribution in [0.1, 0.15) is 39.3 Å². The molecule has 2 aliphatic rings. The van der Waals surface area contributed by atoms with Gasteiger partial charge in [-0.25, -0.2) is 0 Å². The van der Waals surface area contributed by atoms with Gasteiger partial charge in [-0.3, -0.25) is 9.59 Å². The maximum Gasteiger partial charge on any atom is 0.267 e. The van der Waals surface area contributed by atoms with E-state index >= 15 is 0 Å². The monoisotopic (exact) mass is 442 g/mol. The molecule has 0 aliphatic carbocycles. The molecule has 0 saturated carbocycles. The van der Waals surface area contributed by atoms with Crippen LogP contribution in [-0.2, 0) is 13.1 Å². The summed E-state index contributed by atoms with van der Waals surface area (Å²) in [6.45, 7) is 3.94. The standard InChI is InChI=1S/C26H27N5O2/c32-25(29-22-17-30(18-22)16-19-6-2-1-3-7-19)21-9-8-20-14-24-26(33)28-12-4-10-27-11-5-13-31(24)23(20)15-21/h1-3,6-9,14-15,17-18,27H,4-5,10-13,16H2,(H-,28,29,32,33)/p+1. The molecule has 0 saturated heterocycles. The van der Waals surface area contributed by atoms with E-state index in [0.717, 1.165) is 55.6 Å². The molecule has 3 heterocycles. The number of carbonyl (C=O) groups excluding carboxylic acids is 2. The van der Waals surface area contributed by atoms with Gasteiger partial charge >= 0.3 is 0 Å². The first-order chi connectivity index (χ1) is 16.2. The summed E-state index contributed by atoms with van der Waals surface area (Å²) in [5, 5.41) is 10.3. The minimum atomic E-state index is -0.155. The van der Waals surface area contributed by atoms with Crippen LogP contribution in [0.15, 0.2) is 66.5 Å². The molecule has 1 aromatic heterocycles. The zero-order chi connectivity index (χ0) is 22.6. The van der Waals surface area contributed by atoms with Crippen LogP contribution >= 0.6 is 0 Å². The highest BCUT2D eigenvalue weighted by molar-refractivity contribution is 6.03. The third kappa shape index (κ3) is 4.73. The number of carbonyl (C=O) groups is 2. The van der Waals surface area contributed by atoms with E-state index in [1.165, 1.54) is 5.56 Å². The predicted octanol–water partition coefficient (Wildman–Crippen LogP) is 2.62. The quantitative estimate of drug-likeness (QED) is 0.544. The molecule has 2 amide bonds. The van der Waals surface area contributed by atoms with Gasteiger partial charge in [0.05, 0.1) is 0 Å². The number of amides is 2. The smallest absolute Gasteiger partial charge is 0.267 e. The molecule has 3 N–H and O–H groups in total. The lowest BCUT2D eigenvalue weighted by Crippen LogP contribution is -2.31. The van der Waals surface area contributed by atoms with E-state index in [9.17, 15) is 9.59 Å². The lowest BCUT2D eigenvalue weighted by molar-refractivity contribution is -0.481. The minimum Gasteiger partial charge on any atom is -0.351 e. The summed E-state index contributed by atoms with van der Waals surface area (Å²) in [5.41, 5.74) is 4.13. The van der Waals surface area contributed by atoms with Crippen molar-refractivity contribution in [2.45, 2.75) is 25.9 Å². The van der Waals surface area contributed by atoms with Gasteiger partial charge in [-0.15, -0.1) is 0 Å². The van der Waals surface area contributed by atoms with Crippen molar-refractivity contribution in [2.75, 3.05) is 19.6 Å². The van der Waals surface area contributed by atoms with Crippen molar-refractivity contribution in [3.8, 4) is 0 Å². The topological polar surface area (TPSA) is 78.2 Å². The second-order valence-electron chi connectivity index (χ2n) is 8.49. The van der Waals surface area contributed by atoms with Crippen molar-refractivity contribution in [3.05, 3.63) is 83.3 Å². The van der Waals surface area contributed by atoms with E-state index < -0.39 is 0 Å². The minimum absolute atomic E-state index is 0.0631. The average molecular weight is 443 g/mol. The van der Waals surface area contributed by atoms with Gasteiger partial charge in [-0.1, -0.05) is 36.4 Å². The second-order valence-corrected chi connectivity index (χ2v) is 8.49. The van der Waals surface area contributed by atoms with Crippen LogP contribution in [0.25, 0.3) is 10.9 Å². The molecule has 2 aromatic carbocycles. The number of allylic oxidation sites excluding steroid dienone is 1. The van der Waals surface area contributed by atoms with Gasteiger partial charge in [0.25, 0.3) is 11.8 Å². The summed E-state index contributed by atoms with van der Waals surface area (Å²) in [5.74, 6) is -0.219. The Labute approximate surface area is 192 Å². The average Bonchev–Trinajstić information content (AvgIpc) is 3.16. The van der Waals surface area contributed by atoms with Gasteiger partial charge in [0, 0.05) is 35.1 Å². The number of hydrogen-bond donors (Lipinski definition) is 3. The van der Waals surface area contributed by atoms with E-state index in [4.69, 9.17) is 0 Å². The van der Waals surface area contributed by atoms with Crippen molar-refractivity contribution >= 4 is 28.9 Å². The first kappa shape index (κ1) is 21.2. The molecule has 0 radical (unpaired) electrons. The molecule has 0 bridgehead atoms. The maximum atomic E-state index is 12.9. The Bertz CT molecular complexity index is 1260. The van der Waals surface area contributed by atoms with E-state index in [1.54, 1.807) is 0 Å². The molecule has 7 heteroatoms. The first-order valence-corrected chi connectivity index (χ1v) is 11.5. The van der Waals surface area contributed by atoms with E-state index in [2.05, 4.69) is 28.1 Å². The Hall–Kier alpha value is -3.71. The van der Waals surface area contributed by atoms with Crippen molar-refractivity contribution in [3.63, 3.8) is 0 Å². The van der Waals surface area contributed by atoms with Gasteiger partial charge < -0.3 is 20.5 Å². The fourth-order valence-electron chi connectivity index (χ4n) is 4.32. The Kier molecular flexibility index (Phi) is 6.04. The van der Waals surface area contributed by atoms with E-state index in [1.807, 2.05) is 64.0 Å². The highest BCUT2D eigenvalue weighted by Crippen LogP contribution is 2.23. The van der Waals surface area contributed by atoms with Crippen molar-refractivity contribution in [1.29, 1.82) is 0 Å². The van der Waals surface area contributed by atoms with Crippen molar-refractivity contribution < 1.29 is 14.2 Å². The van der Waals surface area contributed by atoms with Gasteiger partial charge in [-0.2, -0.15) is 4.58 Å². The van der Waals surface area contributed by atoms with Crippen LogP contribution in [0.2, 0.25) is 0 Å². The zero-order valence-electron chi connectivity index (χ0n) is 18.5. The molecule has 3 aromatic rings. The van der Waals surface area contributed by atoms with Gasteiger partial charge in [0.1, 0.15) is 5.69 Å². The number of nitrogens with one attached hydrogen (secondary N) is 3. The van der Waals surface area contributed by atoms with Crippen LogP contribution in [0.3, 0.4) is 0 Å². The van der Waals surface area contributed by atoms with E-state index in [-0.39, 0.29) is 11.8 Å². The normalized spacial score (nSPS) is 16.5. The summed E-state index contributed by atoms with van der Waals surface area (Å²) in [6.07, 6.45) is 5.69. The predicted molar refractivity (Wildman–Crippen MR) is 128 cm³/mol. The summed E-state index contributed by atoms with van der Waals surface area (Å²) >= 11 is 0. The van der Waals surface area contributed by atoms with Crippen LogP contribution in [0.4, 0.5) is 0 Å². The Morgan fingerprint density at radius 2 is 1.85 bits per heavy atom. The summed E-state index contributed by atoms with van der Waals surface area (Å²) in [6, 6.07) is 17.7. The number of nitrogens with zero attached hydrogens (tertiary/aromatic N) is 2. The molecule has 2 aliphatic heterocycles. The maximum absolute atomic E-state index is 12.9. The summed E-state index contributed by atoms with van der Waals surface area (Å²) in [7, 11) is 0. The second kappa shape index (κ2) is 9.42. The summed E-state index contributed by atoms with van der Waals surface area (Å²) < 4.78 is 4.08. The fraction of sp³-hybridized carbons (Fsp3) is 0.269. The van der Waals surface area contributed by atoms with Gasteiger partial charge in [-0.05, 0) is 44.1 Å². The Balaban J connectivity index is 1.32. The molecule has 33 heavy (non-hydrogen) atoms. The fourth-order valence-corrected chi connectivity index (χ4v) is 4.32. The van der Waals surface area contributed by atoms with Gasteiger partial charge in [0.2, 0.25) is 0 Å². The summed E-state index contributed by atoms with van der Waals surface area (Å²) in [4.78, 5) is 25.6. The third-order valence-corrected chi connectivity index (χ3v) is 6.03. The Morgan fingerprint density at radius 1 is 1.03 bits per heavy atom. The van der Waals surface area contributed by atoms with Crippen LogP contribution in [0, 0.1) is 0 Å². The molecule has 0 fully saturated rings. The lowest BCUT2D eigenvalue weighted by atomic mass is 10.1. The lowest BCUT2D eigenvalue weighted by Gasteiger charge is -2.12. The zero-order valence-corrected chi connectivity index (χ0v) is 18.5. The molecule has 168 valence electrons. The highest BCUT2D eigenvalue weighted by atomic mass is 16.2. The molecule has 7 nitrogen and oxygen atoms in total. The molecular weight excluding hydrogens is 414 g/mol. The molecule has 0 spiro atoms. The molecule has 5 rings (SSSR count).